The monoisotopic (exact) mass is 688 g/mol. The quantitative estimate of drug-likeness (QED) is 0.206. The van der Waals surface area contributed by atoms with Crippen molar-refractivity contribution >= 4 is 40.9 Å². The summed E-state index contributed by atoms with van der Waals surface area (Å²) in [5.74, 6) is -0.338. The predicted octanol–water partition coefficient (Wildman–Crippen LogP) is 8.10. The highest BCUT2D eigenvalue weighted by Crippen LogP contribution is 2.34. The number of hydrogen-bond acceptors (Lipinski definition) is 8. The molecule has 4 aromatic rings. The van der Waals surface area contributed by atoms with E-state index in [1.807, 2.05) is 34.6 Å². The number of benzene rings is 2. The van der Waals surface area contributed by atoms with Crippen molar-refractivity contribution in [1.29, 1.82) is 0 Å². The summed E-state index contributed by atoms with van der Waals surface area (Å²) < 4.78 is 33.0. The number of hydrogen-bond donors (Lipinski definition) is 1. The molecule has 5 rings (SSSR count). The maximum Gasteiger partial charge on any atom is 0.420 e. The van der Waals surface area contributed by atoms with Gasteiger partial charge in [-0.05, 0) is 103 Å². The summed E-state index contributed by atoms with van der Waals surface area (Å²) in [6.45, 7) is 15.7. The zero-order chi connectivity index (χ0) is 36.4. The summed E-state index contributed by atoms with van der Waals surface area (Å²) in [5.41, 5.74) is 0.861. The van der Waals surface area contributed by atoms with Crippen LogP contribution in [0.3, 0.4) is 0 Å². The largest absolute Gasteiger partial charge is 0.472 e. The number of carbonyl (C=O) groups excluding carboxylic acids is 3. The molecule has 2 aromatic carbocycles. The third-order valence-electron chi connectivity index (χ3n) is 7.67. The van der Waals surface area contributed by atoms with Gasteiger partial charge in [0.15, 0.2) is 11.5 Å². The van der Waals surface area contributed by atoms with Crippen LogP contribution < -0.4 is 15.0 Å². The number of amides is 3. The Morgan fingerprint density at radius 1 is 0.980 bits per heavy atom. The van der Waals surface area contributed by atoms with E-state index >= 15 is 0 Å². The molecule has 0 radical (unpaired) electrons. The van der Waals surface area contributed by atoms with Crippen LogP contribution in [-0.2, 0) is 9.47 Å². The van der Waals surface area contributed by atoms with Gasteiger partial charge in [0.05, 0.1) is 18.4 Å². The first-order valence-electron chi connectivity index (χ1n) is 16.7. The fraction of sp³-hybridized carbons (Fsp3) is 0.432. The molecule has 0 spiro atoms. The molecule has 3 heterocycles. The van der Waals surface area contributed by atoms with Crippen LogP contribution in [0, 0.1) is 5.82 Å². The summed E-state index contributed by atoms with van der Waals surface area (Å²) in [7, 11) is 0. The molecule has 0 saturated carbocycles. The van der Waals surface area contributed by atoms with Gasteiger partial charge in [0, 0.05) is 29.4 Å². The zero-order valence-corrected chi connectivity index (χ0v) is 29.8. The van der Waals surface area contributed by atoms with Gasteiger partial charge in [0.2, 0.25) is 5.88 Å². The normalized spacial score (nSPS) is 15.2. The highest BCUT2D eigenvalue weighted by atomic mass is 19.1. The average molecular weight is 689 g/mol. The number of fused-ring (bicyclic) bond motifs is 1. The standard InChI is InChI=1S/C37H45FN6O6/c1-23(2)29-21-39-44-31(20-30(41-32(29)44)48-28-13-10-18-42(22-28)34(46)49-36(3,4)5)43(35(47)50-37(6,7)8)27-12-9-11-26(19-27)40-33(45)24-14-16-25(38)17-15-24/h9,11-12,14-17,19-21,23,28H,10,13,18,22H2,1-8H3,(H,40,45). The van der Waals surface area contributed by atoms with Gasteiger partial charge in [-0.2, -0.15) is 14.6 Å². The fourth-order valence-corrected chi connectivity index (χ4v) is 5.43. The Morgan fingerprint density at radius 2 is 1.68 bits per heavy atom. The van der Waals surface area contributed by atoms with Gasteiger partial charge in [0.1, 0.15) is 23.1 Å². The van der Waals surface area contributed by atoms with Crippen molar-refractivity contribution in [2.45, 2.75) is 91.5 Å². The van der Waals surface area contributed by atoms with Gasteiger partial charge in [-0.15, -0.1) is 0 Å². The maximum absolute atomic E-state index is 14.1. The Bertz CT molecular complexity index is 1860. The Balaban J connectivity index is 1.55. The van der Waals surface area contributed by atoms with Crippen molar-refractivity contribution in [3.05, 3.63) is 77.7 Å². The SMILES string of the molecule is CC(C)c1cnn2c(N(C(=O)OC(C)(C)C)c3cccc(NC(=O)c4ccc(F)cc4)c3)cc(OC3CCCN(C(=O)OC(C)(C)C)C3)nc12. The molecule has 1 aliphatic rings. The highest BCUT2D eigenvalue weighted by Gasteiger charge is 2.32. The molecule has 0 bridgehead atoms. The van der Waals surface area contributed by atoms with Crippen molar-refractivity contribution in [3.63, 3.8) is 0 Å². The highest BCUT2D eigenvalue weighted by molar-refractivity contribution is 6.05. The zero-order valence-electron chi connectivity index (χ0n) is 29.8. The first-order valence-corrected chi connectivity index (χ1v) is 16.7. The van der Waals surface area contributed by atoms with E-state index in [-0.39, 0.29) is 29.3 Å². The molecule has 1 saturated heterocycles. The molecular weight excluding hydrogens is 643 g/mol. The predicted molar refractivity (Wildman–Crippen MR) is 188 cm³/mol. The van der Waals surface area contributed by atoms with Crippen molar-refractivity contribution in [3.8, 4) is 5.88 Å². The summed E-state index contributed by atoms with van der Waals surface area (Å²) in [6, 6.07) is 13.5. The second-order valence-electron chi connectivity index (χ2n) is 14.6. The Labute approximate surface area is 291 Å². The van der Waals surface area contributed by atoms with Crippen LogP contribution >= 0.6 is 0 Å². The maximum atomic E-state index is 14.1. The summed E-state index contributed by atoms with van der Waals surface area (Å²) in [6.07, 6.45) is 1.61. The summed E-state index contributed by atoms with van der Waals surface area (Å²) >= 11 is 0. The molecule has 1 unspecified atom stereocenters. The van der Waals surface area contributed by atoms with E-state index in [0.717, 1.165) is 5.56 Å². The molecule has 1 aliphatic heterocycles. The first-order chi connectivity index (χ1) is 23.5. The smallest absolute Gasteiger partial charge is 0.420 e. The van der Waals surface area contributed by atoms with Crippen molar-refractivity contribution in [2.75, 3.05) is 23.3 Å². The third kappa shape index (κ3) is 8.87. The van der Waals surface area contributed by atoms with Gasteiger partial charge in [0.25, 0.3) is 5.91 Å². The number of aromatic nitrogens is 3. The topological polar surface area (TPSA) is 128 Å². The van der Waals surface area contributed by atoms with E-state index in [4.69, 9.17) is 19.2 Å². The minimum absolute atomic E-state index is 0.0421. The molecular formula is C37H45FN6O6. The molecule has 2 aromatic heterocycles. The molecule has 0 aliphatic carbocycles. The van der Waals surface area contributed by atoms with E-state index in [9.17, 15) is 18.8 Å². The number of rotatable bonds is 7. The number of nitrogens with one attached hydrogen (secondary N) is 1. The molecule has 3 amide bonds. The lowest BCUT2D eigenvalue weighted by Gasteiger charge is -2.34. The van der Waals surface area contributed by atoms with Gasteiger partial charge in [-0.3, -0.25) is 4.79 Å². The first kappa shape index (κ1) is 36.1. The molecule has 13 heteroatoms. The lowest BCUT2D eigenvalue weighted by molar-refractivity contribution is 0.00720. The number of piperidine rings is 1. The molecule has 50 heavy (non-hydrogen) atoms. The van der Waals surface area contributed by atoms with Crippen LogP contribution in [0.4, 0.5) is 31.2 Å². The number of halogens is 1. The van der Waals surface area contributed by atoms with Crippen LogP contribution in [0.15, 0.2) is 60.8 Å². The van der Waals surface area contributed by atoms with Crippen molar-refractivity contribution in [2.24, 2.45) is 0 Å². The van der Waals surface area contributed by atoms with Crippen molar-refractivity contribution < 1.29 is 33.0 Å². The average Bonchev–Trinajstić information content (AvgIpc) is 3.45. The van der Waals surface area contributed by atoms with Crippen molar-refractivity contribution in [1.82, 2.24) is 19.5 Å². The summed E-state index contributed by atoms with van der Waals surface area (Å²) in [5, 5.41) is 7.44. The second kappa shape index (κ2) is 14.3. The fourth-order valence-electron chi connectivity index (χ4n) is 5.43. The molecule has 266 valence electrons. The van der Waals surface area contributed by atoms with E-state index in [1.54, 1.807) is 66.7 Å². The number of anilines is 3. The summed E-state index contributed by atoms with van der Waals surface area (Å²) in [4.78, 5) is 47.8. The number of likely N-dealkylation sites (tertiary alicyclic amines) is 1. The van der Waals surface area contributed by atoms with Crippen LogP contribution in [0.2, 0.25) is 0 Å². The molecule has 1 N–H and O–H groups in total. The lowest BCUT2D eigenvalue weighted by Crippen LogP contribution is -2.46. The van der Waals surface area contributed by atoms with Crippen LogP contribution in [0.1, 0.15) is 90.1 Å². The minimum Gasteiger partial charge on any atom is -0.472 e. The Kier molecular flexibility index (Phi) is 10.4. The van der Waals surface area contributed by atoms with Gasteiger partial charge < -0.3 is 24.4 Å². The van der Waals surface area contributed by atoms with E-state index < -0.39 is 35.1 Å². The van der Waals surface area contributed by atoms with Crippen LogP contribution in [0.25, 0.3) is 5.65 Å². The van der Waals surface area contributed by atoms with Gasteiger partial charge in [-0.1, -0.05) is 19.9 Å². The molecule has 1 atom stereocenters. The molecule has 12 nitrogen and oxygen atoms in total. The number of ether oxygens (including phenoxy) is 3. The van der Waals surface area contributed by atoms with E-state index in [1.165, 1.54) is 29.2 Å². The third-order valence-corrected chi connectivity index (χ3v) is 7.67. The lowest BCUT2D eigenvalue weighted by atomic mass is 10.1. The number of nitrogens with zero attached hydrogens (tertiary/aromatic N) is 5. The van der Waals surface area contributed by atoms with E-state index in [0.29, 0.717) is 43.0 Å². The van der Waals surface area contributed by atoms with Gasteiger partial charge in [-0.25, -0.2) is 18.9 Å². The van der Waals surface area contributed by atoms with Crippen LogP contribution in [-0.4, -0.2) is 68.0 Å². The Hall–Kier alpha value is -5.20. The number of carbonyl (C=O) groups is 3. The van der Waals surface area contributed by atoms with E-state index in [2.05, 4.69) is 10.4 Å². The second-order valence-corrected chi connectivity index (χ2v) is 14.6. The van der Waals surface area contributed by atoms with Gasteiger partial charge >= 0.3 is 12.2 Å². The molecule has 1 fully saturated rings. The van der Waals surface area contributed by atoms with Crippen LogP contribution in [0.5, 0.6) is 5.88 Å². The Morgan fingerprint density at radius 3 is 2.34 bits per heavy atom. The minimum atomic E-state index is -0.852.